The van der Waals surface area contributed by atoms with Gasteiger partial charge in [-0.2, -0.15) is 0 Å². The number of amides is 1. The molecule has 4 aromatic rings. The van der Waals surface area contributed by atoms with Crippen molar-refractivity contribution < 1.29 is 9.18 Å². The van der Waals surface area contributed by atoms with Crippen LogP contribution < -0.4 is 0 Å². The molecule has 6 heteroatoms. The van der Waals surface area contributed by atoms with Crippen molar-refractivity contribution in [1.82, 2.24) is 14.3 Å². The average molecular weight is 518 g/mol. The van der Waals surface area contributed by atoms with Crippen molar-refractivity contribution in [3.63, 3.8) is 0 Å². The van der Waals surface area contributed by atoms with Gasteiger partial charge in [0.15, 0.2) is 0 Å². The lowest BCUT2D eigenvalue weighted by Crippen LogP contribution is -2.39. The van der Waals surface area contributed by atoms with E-state index in [9.17, 15) is 9.18 Å². The highest BCUT2D eigenvalue weighted by Crippen LogP contribution is 2.43. The molecule has 1 aliphatic carbocycles. The van der Waals surface area contributed by atoms with E-state index < -0.39 is 0 Å². The van der Waals surface area contributed by atoms with Crippen LogP contribution in [0.5, 0.6) is 0 Å². The van der Waals surface area contributed by atoms with Crippen molar-refractivity contribution in [3.05, 3.63) is 93.0 Å². The van der Waals surface area contributed by atoms with Gasteiger partial charge in [0.25, 0.3) is 5.91 Å². The van der Waals surface area contributed by atoms with E-state index in [4.69, 9.17) is 4.98 Å². The maximum atomic E-state index is 14.8. The molecule has 0 bridgehead atoms. The number of aromatic nitrogens is 2. The second kappa shape index (κ2) is 8.05. The molecule has 6 rings (SSSR count). The zero-order valence-corrected chi connectivity index (χ0v) is 20.8. The van der Waals surface area contributed by atoms with Crippen molar-refractivity contribution >= 4 is 27.5 Å². The topological polar surface area (TPSA) is 37.6 Å². The minimum atomic E-state index is -0.314. The maximum absolute atomic E-state index is 14.8. The number of halogens is 2. The molecule has 4 nitrogen and oxygen atoms in total. The van der Waals surface area contributed by atoms with E-state index in [2.05, 4.69) is 41.1 Å². The molecule has 2 aromatic heterocycles. The number of carbonyl (C=O) groups is 1. The number of nitrogens with zero attached hydrogens (tertiary/aromatic N) is 3. The summed E-state index contributed by atoms with van der Waals surface area (Å²) >= 11 is 3.33. The molecule has 0 saturated heterocycles. The van der Waals surface area contributed by atoms with Gasteiger partial charge in [-0.1, -0.05) is 40.2 Å². The van der Waals surface area contributed by atoms with E-state index in [1.165, 1.54) is 17.2 Å². The number of hydrogen-bond acceptors (Lipinski definition) is 2. The molecule has 1 aliphatic heterocycles. The number of benzene rings is 2. The number of hydrogen-bond donors (Lipinski definition) is 0. The van der Waals surface area contributed by atoms with Crippen molar-refractivity contribution in [2.24, 2.45) is 0 Å². The molecule has 0 spiro atoms. The predicted molar refractivity (Wildman–Crippen MR) is 135 cm³/mol. The lowest BCUT2D eigenvalue weighted by molar-refractivity contribution is 0.0677. The number of imidazole rings is 1. The van der Waals surface area contributed by atoms with Crippen LogP contribution in [-0.2, 0) is 6.42 Å². The molecule has 1 fully saturated rings. The highest BCUT2D eigenvalue weighted by atomic mass is 79.9. The van der Waals surface area contributed by atoms with Crippen LogP contribution in [0.3, 0.4) is 0 Å². The van der Waals surface area contributed by atoms with E-state index in [0.29, 0.717) is 33.8 Å². The fourth-order valence-corrected chi connectivity index (χ4v) is 5.58. The van der Waals surface area contributed by atoms with Crippen molar-refractivity contribution in [1.29, 1.82) is 0 Å². The highest BCUT2D eigenvalue weighted by Gasteiger charge is 2.32. The second-order valence-corrected chi connectivity index (χ2v) is 10.4. The van der Waals surface area contributed by atoms with Crippen molar-refractivity contribution in [2.45, 2.75) is 45.1 Å². The van der Waals surface area contributed by atoms with Gasteiger partial charge in [-0.3, -0.25) is 4.79 Å². The Morgan fingerprint density at radius 2 is 1.91 bits per heavy atom. The lowest BCUT2D eigenvalue weighted by Gasteiger charge is -2.35. The molecule has 1 atom stereocenters. The summed E-state index contributed by atoms with van der Waals surface area (Å²) < 4.78 is 17.5. The first kappa shape index (κ1) is 21.5. The summed E-state index contributed by atoms with van der Waals surface area (Å²) in [7, 11) is 0. The Hall–Kier alpha value is -2.99. The summed E-state index contributed by atoms with van der Waals surface area (Å²) in [6.45, 7) is 4.75. The summed E-state index contributed by atoms with van der Waals surface area (Å²) in [5.74, 6) is 0.125. The van der Waals surface area contributed by atoms with E-state index in [0.717, 1.165) is 36.2 Å². The van der Waals surface area contributed by atoms with Crippen LogP contribution in [0.25, 0.3) is 16.9 Å². The van der Waals surface area contributed by atoms with Gasteiger partial charge in [-0.15, -0.1) is 0 Å². The minimum absolute atomic E-state index is 0.0221. The van der Waals surface area contributed by atoms with Gasteiger partial charge < -0.3 is 9.30 Å². The van der Waals surface area contributed by atoms with Crippen LogP contribution in [0.4, 0.5) is 4.39 Å². The summed E-state index contributed by atoms with van der Waals surface area (Å²) in [4.78, 5) is 20.6. The summed E-state index contributed by atoms with van der Waals surface area (Å²) in [5.41, 5.74) is 7.05. The van der Waals surface area contributed by atoms with Gasteiger partial charge in [-0.05, 0) is 80.0 Å². The quantitative estimate of drug-likeness (QED) is 0.298. The first-order valence-electron chi connectivity index (χ1n) is 11.8. The fourth-order valence-electron chi connectivity index (χ4n) is 5.25. The van der Waals surface area contributed by atoms with Gasteiger partial charge in [-0.25, -0.2) is 9.37 Å². The first-order chi connectivity index (χ1) is 16.4. The Morgan fingerprint density at radius 1 is 1.12 bits per heavy atom. The Balaban J connectivity index is 1.45. The van der Waals surface area contributed by atoms with Crippen LogP contribution >= 0.6 is 15.9 Å². The molecule has 1 amide bonds. The smallest absolute Gasteiger partial charge is 0.255 e. The normalized spacial score (nSPS) is 17.8. The molecule has 34 heavy (non-hydrogen) atoms. The SMILES string of the molecule is Cc1c(-c2ccc(Br)cc2F)nc2c(C3CC3)cc(C(=O)N3CCc4ccccc4[C@H]3C)cn12. The number of carbonyl (C=O) groups excluding carboxylic acids is 1. The largest absolute Gasteiger partial charge is 0.331 e. The Labute approximate surface area is 206 Å². The van der Waals surface area contributed by atoms with Crippen LogP contribution in [0.15, 0.2) is 59.2 Å². The van der Waals surface area contributed by atoms with Crippen LogP contribution in [-0.4, -0.2) is 26.7 Å². The Kier molecular flexibility index (Phi) is 5.10. The lowest BCUT2D eigenvalue weighted by atomic mass is 9.93. The molecule has 2 aromatic carbocycles. The highest BCUT2D eigenvalue weighted by molar-refractivity contribution is 9.10. The number of pyridine rings is 1. The second-order valence-electron chi connectivity index (χ2n) is 9.45. The number of rotatable bonds is 3. The van der Waals surface area contributed by atoms with Gasteiger partial charge >= 0.3 is 0 Å². The van der Waals surface area contributed by atoms with E-state index in [-0.39, 0.29) is 17.8 Å². The zero-order chi connectivity index (χ0) is 23.6. The standard InChI is InChI=1S/C28H25BrFN3O/c1-16-22-6-4-3-5-18(22)11-12-32(16)28(34)20-13-24(19-7-8-19)27-31-26(17(2)33(27)15-20)23-10-9-21(29)14-25(23)30/h3-6,9-10,13-16,19H,7-8,11-12H2,1-2H3/t16-/m1/s1. The van der Waals surface area contributed by atoms with Gasteiger partial charge in [0.1, 0.15) is 11.5 Å². The maximum Gasteiger partial charge on any atom is 0.255 e. The fraction of sp³-hybridized carbons (Fsp3) is 0.286. The van der Waals surface area contributed by atoms with E-state index in [1.54, 1.807) is 6.07 Å². The van der Waals surface area contributed by atoms with Gasteiger partial charge in [0.2, 0.25) is 0 Å². The summed E-state index contributed by atoms with van der Waals surface area (Å²) in [5, 5.41) is 0. The summed E-state index contributed by atoms with van der Waals surface area (Å²) in [6, 6.07) is 15.5. The van der Waals surface area contributed by atoms with Gasteiger partial charge in [0.05, 0.1) is 17.3 Å². The third kappa shape index (κ3) is 3.47. The van der Waals surface area contributed by atoms with Crippen molar-refractivity contribution in [2.75, 3.05) is 6.54 Å². The van der Waals surface area contributed by atoms with Crippen LogP contribution in [0, 0.1) is 12.7 Å². The van der Waals surface area contributed by atoms with Gasteiger partial charge in [0, 0.05) is 28.5 Å². The molecule has 172 valence electrons. The molecular weight excluding hydrogens is 493 g/mol. The van der Waals surface area contributed by atoms with E-state index >= 15 is 0 Å². The monoisotopic (exact) mass is 517 g/mol. The Morgan fingerprint density at radius 3 is 2.68 bits per heavy atom. The zero-order valence-electron chi connectivity index (χ0n) is 19.2. The Bertz CT molecular complexity index is 1460. The summed E-state index contributed by atoms with van der Waals surface area (Å²) in [6.07, 6.45) is 4.93. The average Bonchev–Trinajstić information content (AvgIpc) is 3.63. The molecule has 1 saturated carbocycles. The third-order valence-corrected chi connectivity index (χ3v) is 7.79. The van der Waals surface area contributed by atoms with Crippen LogP contribution in [0.2, 0.25) is 0 Å². The first-order valence-corrected chi connectivity index (χ1v) is 12.6. The molecule has 2 aliphatic rings. The minimum Gasteiger partial charge on any atom is -0.331 e. The molecule has 3 heterocycles. The molecule has 0 unspecified atom stereocenters. The third-order valence-electron chi connectivity index (χ3n) is 7.29. The predicted octanol–water partition coefficient (Wildman–Crippen LogP) is 6.85. The number of fused-ring (bicyclic) bond motifs is 2. The van der Waals surface area contributed by atoms with Crippen molar-refractivity contribution in [3.8, 4) is 11.3 Å². The number of aryl methyl sites for hydroxylation is 1. The van der Waals surface area contributed by atoms with Crippen LogP contribution in [0.1, 0.15) is 64.5 Å². The molecule has 0 N–H and O–H groups in total. The molecule has 0 radical (unpaired) electrons. The molecular formula is C28H25BrFN3O. The van der Waals surface area contributed by atoms with E-state index in [1.807, 2.05) is 40.6 Å².